The number of phenolic OH excluding ortho intramolecular Hbond substituents is 1. The molecule has 0 saturated heterocycles. The molecular formula is C14H11FN2O2. The van der Waals surface area contributed by atoms with Crippen LogP contribution in [0.15, 0.2) is 47.3 Å². The highest BCUT2D eigenvalue weighted by Gasteiger charge is 2.09. The maximum atomic E-state index is 12.8. The lowest BCUT2D eigenvalue weighted by Gasteiger charge is -2.04. The number of aromatic hydroxyl groups is 1. The first-order valence-electron chi connectivity index (χ1n) is 5.80. The Morgan fingerprint density at radius 3 is 2.63 bits per heavy atom. The Bertz CT molecular complexity index is 787. The Labute approximate surface area is 107 Å². The van der Waals surface area contributed by atoms with Crippen LogP contribution < -0.4 is 5.69 Å². The van der Waals surface area contributed by atoms with Crippen LogP contribution in [0.4, 0.5) is 4.39 Å². The van der Waals surface area contributed by atoms with Crippen molar-refractivity contribution in [3.8, 4) is 5.75 Å². The molecule has 3 aromatic rings. The van der Waals surface area contributed by atoms with Crippen LogP contribution >= 0.6 is 0 Å². The highest BCUT2D eigenvalue weighted by atomic mass is 19.1. The fourth-order valence-corrected chi connectivity index (χ4v) is 2.09. The van der Waals surface area contributed by atoms with Crippen LogP contribution in [-0.4, -0.2) is 14.7 Å². The molecule has 0 aliphatic carbocycles. The van der Waals surface area contributed by atoms with Gasteiger partial charge in [0.15, 0.2) is 0 Å². The number of halogens is 1. The van der Waals surface area contributed by atoms with E-state index in [9.17, 15) is 14.3 Å². The van der Waals surface area contributed by atoms with E-state index in [4.69, 9.17) is 0 Å². The van der Waals surface area contributed by atoms with Crippen molar-refractivity contribution in [3.05, 3.63) is 64.3 Å². The quantitative estimate of drug-likeness (QED) is 0.740. The average molecular weight is 258 g/mol. The summed E-state index contributed by atoms with van der Waals surface area (Å²) in [6.45, 7) is 0.322. The molecule has 0 aliphatic heterocycles. The summed E-state index contributed by atoms with van der Waals surface area (Å²) < 4.78 is 14.3. The van der Waals surface area contributed by atoms with Crippen molar-refractivity contribution in [2.75, 3.05) is 0 Å². The van der Waals surface area contributed by atoms with E-state index in [2.05, 4.69) is 4.98 Å². The number of rotatable bonds is 2. The molecule has 2 aromatic carbocycles. The first-order valence-corrected chi connectivity index (χ1v) is 5.80. The van der Waals surface area contributed by atoms with E-state index in [1.807, 2.05) is 0 Å². The average Bonchev–Trinajstić information content (AvgIpc) is 2.71. The summed E-state index contributed by atoms with van der Waals surface area (Å²) in [4.78, 5) is 14.5. The fourth-order valence-electron chi connectivity index (χ4n) is 2.09. The Balaban J connectivity index is 2.10. The highest BCUT2D eigenvalue weighted by Crippen LogP contribution is 2.21. The number of phenols is 1. The highest BCUT2D eigenvalue weighted by molar-refractivity contribution is 5.81. The number of benzene rings is 2. The van der Waals surface area contributed by atoms with Gasteiger partial charge in [-0.2, -0.15) is 0 Å². The van der Waals surface area contributed by atoms with E-state index in [0.717, 1.165) is 5.56 Å². The maximum Gasteiger partial charge on any atom is 0.326 e. The second kappa shape index (κ2) is 4.28. The topological polar surface area (TPSA) is 58.0 Å². The molecule has 0 unspecified atom stereocenters. The van der Waals surface area contributed by atoms with Gasteiger partial charge in [-0.1, -0.05) is 18.2 Å². The number of fused-ring (bicyclic) bond motifs is 1. The molecule has 19 heavy (non-hydrogen) atoms. The monoisotopic (exact) mass is 258 g/mol. The van der Waals surface area contributed by atoms with Crippen LogP contribution in [0.25, 0.3) is 11.0 Å². The van der Waals surface area contributed by atoms with Gasteiger partial charge in [0, 0.05) is 0 Å². The van der Waals surface area contributed by atoms with Crippen molar-refractivity contribution in [2.24, 2.45) is 0 Å². The minimum atomic E-state index is -0.312. The van der Waals surface area contributed by atoms with Crippen molar-refractivity contribution < 1.29 is 9.50 Å². The number of aromatic amines is 1. The summed E-state index contributed by atoms with van der Waals surface area (Å²) >= 11 is 0. The summed E-state index contributed by atoms with van der Waals surface area (Å²) in [5, 5.41) is 9.68. The minimum absolute atomic E-state index is 0.0347. The summed E-state index contributed by atoms with van der Waals surface area (Å²) in [5.74, 6) is -0.278. The summed E-state index contributed by atoms with van der Waals surface area (Å²) in [6, 6.07) is 10.9. The zero-order valence-corrected chi connectivity index (χ0v) is 9.93. The summed E-state index contributed by atoms with van der Waals surface area (Å²) in [6.07, 6.45) is 0. The first kappa shape index (κ1) is 11.5. The third kappa shape index (κ3) is 1.99. The molecular weight excluding hydrogens is 247 g/mol. The molecule has 0 fully saturated rings. The molecule has 0 radical (unpaired) electrons. The molecule has 96 valence electrons. The standard InChI is InChI=1S/C14H11FN2O2/c15-10-6-4-9(5-7-10)8-17-11-2-1-3-12(18)13(11)16-14(17)19/h1-7,18H,8H2,(H,16,19). The molecule has 1 aromatic heterocycles. The zero-order valence-electron chi connectivity index (χ0n) is 9.93. The number of aromatic nitrogens is 2. The van der Waals surface area contributed by atoms with E-state index in [0.29, 0.717) is 17.6 Å². The molecule has 3 rings (SSSR count). The van der Waals surface area contributed by atoms with Gasteiger partial charge >= 0.3 is 5.69 Å². The van der Waals surface area contributed by atoms with Crippen LogP contribution in [0, 0.1) is 5.82 Å². The van der Waals surface area contributed by atoms with Gasteiger partial charge in [-0.15, -0.1) is 0 Å². The van der Waals surface area contributed by atoms with Gasteiger partial charge in [0.1, 0.15) is 17.1 Å². The number of para-hydroxylation sites is 1. The van der Waals surface area contributed by atoms with Crippen molar-refractivity contribution in [2.45, 2.75) is 6.54 Å². The Morgan fingerprint density at radius 1 is 1.16 bits per heavy atom. The van der Waals surface area contributed by atoms with Crippen molar-refractivity contribution in [1.82, 2.24) is 9.55 Å². The lowest BCUT2D eigenvalue weighted by atomic mass is 10.2. The lowest BCUT2D eigenvalue weighted by Crippen LogP contribution is -2.17. The molecule has 0 bridgehead atoms. The maximum absolute atomic E-state index is 12.8. The molecule has 2 N–H and O–H groups in total. The zero-order chi connectivity index (χ0) is 13.4. The molecule has 4 nitrogen and oxygen atoms in total. The van der Waals surface area contributed by atoms with E-state index in [-0.39, 0.29) is 17.3 Å². The van der Waals surface area contributed by atoms with E-state index < -0.39 is 0 Å². The second-order valence-corrected chi connectivity index (χ2v) is 4.31. The van der Waals surface area contributed by atoms with Gasteiger partial charge in [-0.25, -0.2) is 9.18 Å². The normalized spacial score (nSPS) is 11.0. The number of hydrogen-bond acceptors (Lipinski definition) is 2. The minimum Gasteiger partial charge on any atom is -0.506 e. The van der Waals surface area contributed by atoms with Crippen LogP contribution in [0.2, 0.25) is 0 Å². The fraction of sp³-hybridized carbons (Fsp3) is 0.0714. The van der Waals surface area contributed by atoms with Gasteiger partial charge in [0.05, 0.1) is 12.1 Å². The molecule has 1 heterocycles. The Kier molecular flexibility index (Phi) is 2.59. The summed E-state index contributed by atoms with van der Waals surface area (Å²) in [7, 11) is 0. The number of nitrogens with one attached hydrogen (secondary N) is 1. The second-order valence-electron chi connectivity index (χ2n) is 4.31. The molecule has 0 amide bonds. The van der Waals surface area contributed by atoms with E-state index in [1.54, 1.807) is 24.3 Å². The molecule has 0 spiro atoms. The third-order valence-corrected chi connectivity index (χ3v) is 3.04. The van der Waals surface area contributed by atoms with Gasteiger partial charge in [0.2, 0.25) is 0 Å². The molecule has 0 atom stereocenters. The van der Waals surface area contributed by atoms with E-state index in [1.165, 1.54) is 22.8 Å². The summed E-state index contributed by atoms with van der Waals surface area (Å²) in [5.41, 5.74) is 1.54. The predicted octanol–water partition coefficient (Wildman–Crippen LogP) is 2.22. The third-order valence-electron chi connectivity index (χ3n) is 3.04. The smallest absolute Gasteiger partial charge is 0.326 e. The van der Waals surface area contributed by atoms with Crippen LogP contribution in [0.1, 0.15) is 5.56 Å². The van der Waals surface area contributed by atoms with Gasteiger partial charge in [-0.05, 0) is 29.8 Å². The number of hydrogen-bond donors (Lipinski definition) is 2. The first-order chi connectivity index (χ1) is 9.15. The van der Waals surface area contributed by atoms with Gasteiger partial charge < -0.3 is 10.1 Å². The Hall–Kier alpha value is -2.56. The largest absolute Gasteiger partial charge is 0.506 e. The number of imidazole rings is 1. The lowest BCUT2D eigenvalue weighted by molar-refractivity contribution is 0.480. The SMILES string of the molecule is O=c1[nH]c2c(O)cccc2n1Cc1ccc(F)cc1. The Morgan fingerprint density at radius 2 is 1.89 bits per heavy atom. The van der Waals surface area contributed by atoms with Crippen LogP contribution in [0.5, 0.6) is 5.75 Å². The number of H-pyrrole nitrogens is 1. The predicted molar refractivity (Wildman–Crippen MR) is 69.7 cm³/mol. The van der Waals surface area contributed by atoms with Crippen molar-refractivity contribution >= 4 is 11.0 Å². The molecule has 0 saturated carbocycles. The molecule has 5 heteroatoms. The van der Waals surface area contributed by atoms with Crippen molar-refractivity contribution in [1.29, 1.82) is 0 Å². The van der Waals surface area contributed by atoms with Gasteiger partial charge in [-0.3, -0.25) is 4.57 Å². The van der Waals surface area contributed by atoms with Gasteiger partial charge in [0.25, 0.3) is 0 Å². The van der Waals surface area contributed by atoms with E-state index >= 15 is 0 Å². The van der Waals surface area contributed by atoms with Crippen molar-refractivity contribution in [3.63, 3.8) is 0 Å². The van der Waals surface area contributed by atoms with Crippen LogP contribution in [0.3, 0.4) is 0 Å². The molecule has 0 aliphatic rings. The van der Waals surface area contributed by atoms with Crippen LogP contribution in [-0.2, 0) is 6.54 Å². The number of nitrogens with zero attached hydrogens (tertiary/aromatic N) is 1.